The number of amides is 1. The first-order chi connectivity index (χ1) is 6.63. The molecule has 76 valence electrons. The second-order valence-electron chi connectivity index (χ2n) is 2.68. The van der Waals surface area contributed by atoms with Crippen molar-refractivity contribution in [2.24, 2.45) is 0 Å². The molecule has 0 spiro atoms. The van der Waals surface area contributed by atoms with Gasteiger partial charge in [0.2, 0.25) is 0 Å². The van der Waals surface area contributed by atoms with Gasteiger partial charge in [-0.15, -0.1) is 0 Å². The van der Waals surface area contributed by atoms with Crippen LogP contribution in [0.15, 0.2) is 12.4 Å². The van der Waals surface area contributed by atoms with Gasteiger partial charge in [-0.05, 0) is 6.42 Å². The molecule has 1 rings (SSSR count). The molecule has 0 aliphatic carbocycles. The molecule has 5 nitrogen and oxygen atoms in total. The molecule has 1 heterocycles. The quantitative estimate of drug-likeness (QED) is 0.807. The summed E-state index contributed by atoms with van der Waals surface area (Å²) in [5.41, 5.74) is 0.530. The number of nitrogens with one attached hydrogen (secondary N) is 1. The molecule has 1 atom stereocenters. The number of rotatable bonds is 3. The first-order valence-corrected chi connectivity index (χ1v) is 4.48. The van der Waals surface area contributed by atoms with E-state index in [9.17, 15) is 4.79 Å². The van der Waals surface area contributed by atoms with E-state index < -0.39 is 6.09 Å². The summed E-state index contributed by atoms with van der Waals surface area (Å²) in [5, 5.41) is 11.1. The van der Waals surface area contributed by atoms with Crippen LogP contribution in [0.4, 0.5) is 4.79 Å². The number of carboxylic acid groups (broad SMARTS) is 1. The standard InChI is InChI=1S/C8H10ClN3O2/c1-2-5(12-8(13)14)6-3-10-4-7(9)11-6/h3-5,12H,2H2,1H3,(H,13,14). The highest BCUT2D eigenvalue weighted by Gasteiger charge is 2.13. The average molecular weight is 216 g/mol. The van der Waals surface area contributed by atoms with Gasteiger partial charge in [0.25, 0.3) is 0 Å². The Morgan fingerprint density at radius 1 is 1.71 bits per heavy atom. The fraction of sp³-hybridized carbons (Fsp3) is 0.375. The maximum absolute atomic E-state index is 10.4. The van der Waals surface area contributed by atoms with Gasteiger partial charge >= 0.3 is 6.09 Å². The van der Waals surface area contributed by atoms with Crippen LogP contribution >= 0.6 is 11.6 Å². The Hall–Kier alpha value is -1.36. The third-order valence-electron chi connectivity index (χ3n) is 1.69. The van der Waals surface area contributed by atoms with Crippen molar-refractivity contribution in [1.29, 1.82) is 0 Å². The lowest BCUT2D eigenvalue weighted by molar-refractivity contribution is 0.189. The lowest BCUT2D eigenvalue weighted by Gasteiger charge is -2.13. The first kappa shape index (κ1) is 10.7. The summed E-state index contributed by atoms with van der Waals surface area (Å²) in [7, 11) is 0. The number of hydrogen-bond donors (Lipinski definition) is 2. The van der Waals surface area contributed by atoms with E-state index in [0.29, 0.717) is 12.1 Å². The average Bonchev–Trinajstić information content (AvgIpc) is 2.14. The Morgan fingerprint density at radius 3 is 2.93 bits per heavy atom. The molecule has 1 aromatic rings. The zero-order chi connectivity index (χ0) is 10.6. The predicted molar refractivity (Wildman–Crippen MR) is 51.2 cm³/mol. The van der Waals surface area contributed by atoms with Gasteiger partial charge in [0.1, 0.15) is 5.15 Å². The third-order valence-corrected chi connectivity index (χ3v) is 1.87. The van der Waals surface area contributed by atoms with E-state index in [1.165, 1.54) is 12.4 Å². The number of aromatic nitrogens is 2. The summed E-state index contributed by atoms with van der Waals surface area (Å²) in [4.78, 5) is 18.2. The fourth-order valence-electron chi connectivity index (χ4n) is 1.06. The lowest BCUT2D eigenvalue weighted by Crippen LogP contribution is -2.27. The molecule has 0 fully saturated rings. The van der Waals surface area contributed by atoms with E-state index >= 15 is 0 Å². The Kier molecular flexibility index (Phi) is 3.64. The zero-order valence-corrected chi connectivity index (χ0v) is 8.32. The van der Waals surface area contributed by atoms with Crippen LogP contribution in [0.2, 0.25) is 5.15 Å². The van der Waals surface area contributed by atoms with Crippen molar-refractivity contribution >= 4 is 17.7 Å². The molecule has 1 amide bonds. The predicted octanol–water partition coefficient (Wildman–Crippen LogP) is 1.85. The largest absolute Gasteiger partial charge is 0.465 e. The number of hydrogen-bond acceptors (Lipinski definition) is 3. The topological polar surface area (TPSA) is 75.1 Å². The molecular formula is C8H10ClN3O2. The van der Waals surface area contributed by atoms with Crippen molar-refractivity contribution in [1.82, 2.24) is 15.3 Å². The Labute approximate surface area is 86.1 Å². The minimum absolute atomic E-state index is 0.258. The Bertz CT molecular complexity index is 332. The monoisotopic (exact) mass is 215 g/mol. The Balaban J connectivity index is 2.83. The van der Waals surface area contributed by atoms with Crippen LogP contribution in [0, 0.1) is 0 Å². The van der Waals surface area contributed by atoms with Crippen LogP contribution in [-0.2, 0) is 0 Å². The minimum Gasteiger partial charge on any atom is -0.465 e. The van der Waals surface area contributed by atoms with Crippen molar-refractivity contribution in [3.63, 3.8) is 0 Å². The highest BCUT2D eigenvalue weighted by atomic mass is 35.5. The molecule has 0 aromatic carbocycles. The van der Waals surface area contributed by atoms with Crippen LogP contribution in [-0.4, -0.2) is 21.2 Å². The summed E-state index contributed by atoms with van der Waals surface area (Å²) in [6.45, 7) is 1.85. The zero-order valence-electron chi connectivity index (χ0n) is 7.57. The van der Waals surface area contributed by atoms with Crippen molar-refractivity contribution in [3.05, 3.63) is 23.2 Å². The van der Waals surface area contributed by atoms with E-state index in [-0.39, 0.29) is 11.2 Å². The van der Waals surface area contributed by atoms with Crippen molar-refractivity contribution < 1.29 is 9.90 Å². The second kappa shape index (κ2) is 4.76. The summed E-state index contributed by atoms with van der Waals surface area (Å²) in [6, 6.07) is -0.362. The third kappa shape index (κ3) is 2.85. The molecule has 0 saturated carbocycles. The lowest BCUT2D eigenvalue weighted by atomic mass is 10.2. The highest BCUT2D eigenvalue weighted by molar-refractivity contribution is 6.29. The maximum Gasteiger partial charge on any atom is 0.405 e. The number of halogens is 1. The van der Waals surface area contributed by atoms with Gasteiger partial charge in [0.05, 0.1) is 24.1 Å². The number of carbonyl (C=O) groups is 1. The van der Waals surface area contributed by atoms with Crippen LogP contribution in [0.5, 0.6) is 0 Å². The fourth-order valence-corrected chi connectivity index (χ4v) is 1.21. The van der Waals surface area contributed by atoms with Crippen molar-refractivity contribution in [3.8, 4) is 0 Å². The molecule has 6 heteroatoms. The van der Waals surface area contributed by atoms with Gasteiger partial charge in [-0.25, -0.2) is 9.78 Å². The van der Waals surface area contributed by atoms with E-state index in [1.54, 1.807) is 0 Å². The van der Waals surface area contributed by atoms with E-state index in [2.05, 4.69) is 15.3 Å². The molecule has 0 radical (unpaired) electrons. The SMILES string of the molecule is CCC(NC(=O)O)c1cncc(Cl)n1. The van der Waals surface area contributed by atoms with Crippen LogP contribution in [0.25, 0.3) is 0 Å². The van der Waals surface area contributed by atoms with E-state index in [1.807, 2.05) is 6.92 Å². The smallest absolute Gasteiger partial charge is 0.405 e. The molecule has 1 aromatic heterocycles. The van der Waals surface area contributed by atoms with Crippen LogP contribution in [0.3, 0.4) is 0 Å². The highest BCUT2D eigenvalue weighted by Crippen LogP contribution is 2.14. The molecule has 0 bridgehead atoms. The van der Waals surface area contributed by atoms with Gasteiger partial charge in [-0.1, -0.05) is 18.5 Å². The van der Waals surface area contributed by atoms with Gasteiger partial charge in [0, 0.05) is 0 Å². The second-order valence-corrected chi connectivity index (χ2v) is 3.06. The van der Waals surface area contributed by atoms with Gasteiger partial charge in [-0.2, -0.15) is 0 Å². The normalized spacial score (nSPS) is 12.1. The van der Waals surface area contributed by atoms with Crippen molar-refractivity contribution in [2.75, 3.05) is 0 Å². The summed E-state index contributed by atoms with van der Waals surface area (Å²) >= 11 is 5.63. The molecule has 14 heavy (non-hydrogen) atoms. The summed E-state index contributed by atoms with van der Waals surface area (Å²) in [5.74, 6) is 0. The van der Waals surface area contributed by atoms with Crippen LogP contribution in [0.1, 0.15) is 25.1 Å². The van der Waals surface area contributed by atoms with Gasteiger partial charge in [-0.3, -0.25) is 4.98 Å². The molecule has 0 aliphatic heterocycles. The molecule has 0 saturated heterocycles. The summed E-state index contributed by atoms with van der Waals surface area (Å²) < 4.78 is 0. The number of nitrogens with zero attached hydrogens (tertiary/aromatic N) is 2. The summed E-state index contributed by atoms with van der Waals surface area (Å²) in [6.07, 6.45) is 2.41. The maximum atomic E-state index is 10.4. The van der Waals surface area contributed by atoms with Crippen LogP contribution < -0.4 is 5.32 Å². The van der Waals surface area contributed by atoms with Gasteiger partial charge < -0.3 is 10.4 Å². The van der Waals surface area contributed by atoms with Gasteiger partial charge in [0.15, 0.2) is 0 Å². The first-order valence-electron chi connectivity index (χ1n) is 4.10. The van der Waals surface area contributed by atoms with E-state index in [4.69, 9.17) is 16.7 Å². The molecular weight excluding hydrogens is 206 g/mol. The molecule has 1 unspecified atom stereocenters. The Morgan fingerprint density at radius 2 is 2.43 bits per heavy atom. The molecule has 0 aliphatic rings. The van der Waals surface area contributed by atoms with E-state index in [0.717, 1.165) is 0 Å². The minimum atomic E-state index is -1.08. The molecule has 2 N–H and O–H groups in total. The van der Waals surface area contributed by atoms with Crippen molar-refractivity contribution in [2.45, 2.75) is 19.4 Å².